The van der Waals surface area contributed by atoms with Crippen LogP contribution in [-0.4, -0.2) is 40.2 Å². The Balaban J connectivity index is 2.17. The van der Waals surface area contributed by atoms with Crippen molar-refractivity contribution in [1.82, 2.24) is 4.90 Å². The number of unbranched alkanes of at least 4 members (excludes halogenated alkanes) is 1. The van der Waals surface area contributed by atoms with Crippen LogP contribution in [0.15, 0.2) is 4.99 Å². The fraction of sp³-hybridized carbons (Fsp3) is 0.833. The second kappa shape index (κ2) is 4.78. The van der Waals surface area contributed by atoms with Gasteiger partial charge in [-0.25, -0.2) is 0 Å². The Morgan fingerprint density at radius 2 is 2.31 bits per heavy atom. The van der Waals surface area contributed by atoms with Crippen molar-refractivity contribution in [2.24, 2.45) is 4.99 Å². The standard InChI is InChI=1S/C12H20N2OS/c1-3-5-6-10-13-12(7-8-16-9-12)11(15)14(10)4-2/h3-9H2,1-2H3. The molecular weight excluding hydrogens is 220 g/mol. The van der Waals surface area contributed by atoms with Crippen LogP contribution >= 0.6 is 11.8 Å². The van der Waals surface area contributed by atoms with E-state index in [0.29, 0.717) is 0 Å². The lowest BCUT2D eigenvalue weighted by molar-refractivity contribution is -0.130. The summed E-state index contributed by atoms with van der Waals surface area (Å²) in [6.45, 7) is 4.99. The predicted molar refractivity (Wildman–Crippen MR) is 69.0 cm³/mol. The van der Waals surface area contributed by atoms with E-state index in [1.54, 1.807) is 0 Å². The molecule has 1 amide bonds. The second-order valence-electron chi connectivity index (χ2n) is 4.52. The van der Waals surface area contributed by atoms with Gasteiger partial charge in [-0.2, -0.15) is 11.8 Å². The summed E-state index contributed by atoms with van der Waals surface area (Å²) in [7, 11) is 0. The summed E-state index contributed by atoms with van der Waals surface area (Å²) in [6, 6.07) is 0. The number of amides is 1. The van der Waals surface area contributed by atoms with E-state index >= 15 is 0 Å². The first-order valence-electron chi connectivity index (χ1n) is 6.22. The Morgan fingerprint density at radius 3 is 2.88 bits per heavy atom. The minimum atomic E-state index is -0.371. The average molecular weight is 240 g/mol. The fourth-order valence-electron chi connectivity index (χ4n) is 2.39. The van der Waals surface area contributed by atoms with Crippen molar-refractivity contribution in [2.45, 2.75) is 45.1 Å². The van der Waals surface area contributed by atoms with Crippen LogP contribution in [-0.2, 0) is 4.79 Å². The van der Waals surface area contributed by atoms with Gasteiger partial charge in [-0.3, -0.25) is 14.7 Å². The Bertz CT molecular complexity index is 308. The molecule has 16 heavy (non-hydrogen) atoms. The van der Waals surface area contributed by atoms with E-state index in [1.165, 1.54) is 0 Å². The number of likely N-dealkylation sites (N-methyl/N-ethyl adjacent to an activating group) is 1. The Kier molecular flexibility index (Phi) is 3.57. The topological polar surface area (TPSA) is 32.7 Å². The summed E-state index contributed by atoms with van der Waals surface area (Å²) in [6.07, 6.45) is 4.18. The van der Waals surface area contributed by atoms with E-state index < -0.39 is 0 Å². The lowest BCUT2D eigenvalue weighted by atomic mass is 10.00. The van der Waals surface area contributed by atoms with Crippen LogP contribution < -0.4 is 0 Å². The molecule has 4 heteroatoms. The minimum Gasteiger partial charge on any atom is -0.299 e. The molecule has 0 saturated carbocycles. The summed E-state index contributed by atoms with van der Waals surface area (Å²) in [4.78, 5) is 19.0. The van der Waals surface area contributed by atoms with E-state index in [-0.39, 0.29) is 11.4 Å². The van der Waals surface area contributed by atoms with Crippen LogP contribution in [0.2, 0.25) is 0 Å². The highest BCUT2D eigenvalue weighted by Gasteiger charge is 2.49. The number of thioether (sulfide) groups is 1. The maximum Gasteiger partial charge on any atom is 0.256 e. The lowest BCUT2D eigenvalue weighted by Crippen LogP contribution is -2.42. The molecule has 0 radical (unpaired) electrons. The van der Waals surface area contributed by atoms with Gasteiger partial charge in [0.2, 0.25) is 0 Å². The molecule has 1 saturated heterocycles. The number of aliphatic imine (C=N–C) groups is 1. The third-order valence-corrected chi connectivity index (χ3v) is 4.54. The zero-order valence-corrected chi connectivity index (χ0v) is 11.0. The van der Waals surface area contributed by atoms with Crippen LogP contribution in [0.3, 0.4) is 0 Å². The predicted octanol–water partition coefficient (Wildman–Crippen LogP) is 2.31. The van der Waals surface area contributed by atoms with Crippen molar-refractivity contribution in [3.8, 4) is 0 Å². The number of carbonyl (C=O) groups excluding carboxylic acids is 1. The number of carbonyl (C=O) groups is 1. The molecule has 1 unspecified atom stereocenters. The lowest BCUT2D eigenvalue weighted by Gasteiger charge is -2.20. The van der Waals surface area contributed by atoms with Crippen LogP contribution in [0.4, 0.5) is 0 Å². The molecule has 0 aromatic carbocycles. The number of rotatable bonds is 4. The summed E-state index contributed by atoms with van der Waals surface area (Å²) < 4.78 is 0. The van der Waals surface area contributed by atoms with Gasteiger partial charge in [0, 0.05) is 18.7 Å². The molecule has 0 N–H and O–H groups in total. The molecule has 1 atom stereocenters. The number of hydrogen-bond acceptors (Lipinski definition) is 3. The van der Waals surface area contributed by atoms with Crippen molar-refractivity contribution < 1.29 is 4.79 Å². The zero-order chi connectivity index (χ0) is 11.6. The molecule has 90 valence electrons. The van der Waals surface area contributed by atoms with Crippen LogP contribution in [0.1, 0.15) is 39.5 Å². The number of nitrogens with zero attached hydrogens (tertiary/aromatic N) is 2. The first-order chi connectivity index (χ1) is 7.73. The summed E-state index contributed by atoms with van der Waals surface area (Å²) in [5.74, 6) is 3.26. The monoisotopic (exact) mass is 240 g/mol. The molecular formula is C12H20N2OS. The Hall–Kier alpha value is -0.510. The summed E-state index contributed by atoms with van der Waals surface area (Å²) in [5.41, 5.74) is -0.371. The highest BCUT2D eigenvalue weighted by molar-refractivity contribution is 7.99. The molecule has 0 aromatic rings. The molecule has 2 aliphatic heterocycles. The average Bonchev–Trinajstić information content (AvgIpc) is 2.85. The largest absolute Gasteiger partial charge is 0.299 e. The highest BCUT2D eigenvalue weighted by Crippen LogP contribution is 2.37. The number of hydrogen-bond donors (Lipinski definition) is 0. The molecule has 0 aliphatic carbocycles. The van der Waals surface area contributed by atoms with E-state index in [0.717, 1.165) is 49.6 Å². The van der Waals surface area contributed by atoms with Gasteiger partial charge < -0.3 is 0 Å². The quantitative estimate of drug-likeness (QED) is 0.755. The van der Waals surface area contributed by atoms with Gasteiger partial charge >= 0.3 is 0 Å². The van der Waals surface area contributed by atoms with Gasteiger partial charge in [0.1, 0.15) is 5.84 Å². The van der Waals surface area contributed by atoms with Crippen molar-refractivity contribution in [3.05, 3.63) is 0 Å². The van der Waals surface area contributed by atoms with Crippen LogP contribution in [0.5, 0.6) is 0 Å². The maximum atomic E-state index is 12.3. The van der Waals surface area contributed by atoms with Gasteiger partial charge in [-0.05, 0) is 25.5 Å². The van der Waals surface area contributed by atoms with Crippen molar-refractivity contribution in [2.75, 3.05) is 18.1 Å². The molecule has 2 aliphatic rings. The van der Waals surface area contributed by atoms with E-state index in [9.17, 15) is 4.79 Å². The van der Waals surface area contributed by atoms with Gasteiger partial charge in [0.15, 0.2) is 5.54 Å². The zero-order valence-electron chi connectivity index (χ0n) is 10.2. The summed E-state index contributed by atoms with van der Waals surface area (Å²) >= 11 is 1.86. The first-order valence-corrected chi connectivity index (χ1v) is 7.37. The molecule has 2 heterocycles. The SMILES string of the molecule is CCCCC1=NC2(CCSC2)C(=O)N1CC. The van der Waals surface area contributed by atoms with Gasteiger partial charge in [0.05, 0.1) is 0 Å². The third-order valence-electron chi connectivity index (χ3n) is 3.37. The minimum absolute atomic E-state index is 0.256. The second-order valence-corrected chi connectivity index (χ2v) is 5.62. The van der Waals surface area contributed by atoms with E-state index in [1.807, 2.05) is 23.6 Å². The van der Waals surface area contributed by atoms with Gasteiger partial charge in [-0.15, -0.1) is 0 Å². The van der Waals surface area contributed by atoms with Crippen LogP contribution in [0.25, 0.3) is 0 Å². The third kappa shape index (κ3) is 1.88. The molecule has 0 aromatic heterocycles. The molecule has 1 spiro atoms. The van der Waals surface area contributed by atoms with Crippen molar-refractivity contribution in [3.63, 3.8) is 0 Å². The van der Waals surface area contributed by atoms with Gasteiger partial charge in [0.25, 0.3) is 5.91 Å². The fourth-order valence-corrected chi connectivity index (χ4v) is 3.68. The maximum absolute atomic E-state index is 12.3. The molecule has 2 rings (SSSR count). The van der Waals surface area contributed by atoms with E-state index in [2.05, 4.69) is 6.92 Å². The summed E-state index contributed by atoms with van der Waals surface area (Å²) in [5, 5.41) is 0. The van der Waals surface area contributed by atoms with Crippen LogP contribution in [0, 0.1) is 0 Å². The molecule has 0 bridgehead atoms. The van der Waals surface area contributed by atoms with Gasteiger partial charge in [-0.1, -0.05) is 13.3 Å². The normalized spacial score (nSPS) is 29.2. The Morgan fingerprint density at radius 1 is 1.50 bits per heavy atom. The van der Waals surface area contributed by atoms with E-state index in [4.69, 9.17) is 4.99 Å². The molecule has 1 fully saturated rings. The number of amidine groups is 1. The van der Waals surface area contributed by atoms with Crippen molar-refractivity contribution in [1.29, 1.82) is 0 Å². The molecule has 3 nitrogen and oxygen atoms in total. The smallest absolute Gasteiger partial charge is 0.256 e. The Labute approximate surface area is 102 Å². The van der Waals surface area contributed by atoms with Crippen molar-refractivity contribution >= 4 is 23.5 Å². The highest BCUT2D eigenvalue weighted by atomic mass is 32.2. The first kappa shape index (κ1) is 12.0.